The first kappa shape index (κ1) is 14.5. The zero-order chi connectivity index (χ0) is 15.4. The van der Waals surface area contributed by atoms with E-state index in [0.29, 0.717) is 0 Å². The van der Waals surface area contributed by atoms with Crippen molar-refractivity contribution in [1.29, 1.82) is 0 Å². The fourth-order valence-corrected chi connectivity index (χ4v) is 3.13. The van der Waals surface area contributed by atoms with Crippen molar-refractivity contribution in [2.24, 2.45) is 0 Å². The lowest BCUT2D eigenvalue weighted by Gasteiger charge is -2.07. The van der Waals surface area contributed by atoms with Gasteiger partial charge in [0.25, 0.3) is 0 Å². The van der Waals surface area contributed by atoms with E-state index >= 15 is 0 Å². The number of thioether (sulfide) groups is 1. The van der Waals surface area contributed by atoms with E-state index in [9.17, 15) is 0 Å². The third-order valence-corrected chi connectivity index (χ3v) is 4.54. The zero-order valence-corrected chi connectivity index (χ0v) is 13.0. The summed E-state index contributed by atoms with van der Waals surface area (Å²) in [5, 5.41) is 2.30. The highest BCUT2D eigenvalue weighted by molar-refractivity contribution is 7.99. The molecule has 2 nitrogen and oxygen atoms in total. The third kappa shape index (κ3) is 3.26. The normalized spacial score (nSPS) is 11.3. The molecule has 3 rings (SSSR count). The maximum atomic E-state index is 6.27. The Morgan fingerprint density at radius 2 is 1.64 bits per heavy atom. The average Bonchev–Trinajstić information content (AvgIpc) is 2.55. The van der Waals surface area contributed by atoms with Crippen molar-refractivity contribution in [2.75, 3.05) is 17.2 Å². The van der Waals surface area contributed by atoms with Gasteiger partial charge in [-0.25, -0.2) is 0 Å². The Labute approximate surface area is 134 Å². The van der Waals surface area contributed by atoms with E-state index in [1.54, 1.807) is 11.8 Å². The predicted octanol–water partition coefficient (Wildman–Crippen LogP) is 4.81. The molecule has 0 aliphatic rings. The number of hydrogen-bond acceptors (Lipinski definition) is 3. The topological polar surface area (TPSA) is 52.0 Å². The number of nitrogen functional groups attached to an aromatic ring is 2. The van der Waals surface area contributed by atoms with Crippen LogP contribution in [0.5, 0.6) is 0 Å². The van der Waals surface area contributed by atoms with Crippen molar-refractivity contribution < 1.29 is 0 Å². The van der Waals surface area contributed by atoms with Crippen molar-refractivity contribution in [3.63, 3.8) is 0 Å². The fourth-order valence-electron chi connectivity index (χ4n) is 2.33. The predicted molar refractivity (Wildman–Crippen MR) is 99.0 cm³/mol. The Bertz CT molecular complexity index is 807. The van der Waals surface area contributed by atoms with Crippen LogP contribution in [0.2, 0.25) is 0 Å². The Kier molecular flexibility index (Phi) is 4.35. The molecule has 0 aliphatic heterocycles. The van der Waals surface area contributed by atoms with E-state index in [1.807, 2.05) is 36.4 Å². The van der Waals surface area contributed by atoms with Crippen molar-refractivity contribution in [3.05, 3.63) is 72.3 Å². The molecule has 0 spiro atoms. The van der Waals surface area contributed by atoms with E-state index in [1.165, 1.54) is 5.39 Å². The monoisotopic (exact) mass is 306 g/mol. The number of rotatable bonds is 4. The zero-order valence-electron chi connectivity index (χ0n) is 12.2. The Hall–Kier alpha value is -2.39. The van der Waals surface area contributed by atoms with Crippen molar-refractivity contribution in [2.45, 2.75) is 4.90 Å². The standard InChI is InChI=1S/C19H18N2S/c20-16-10-7-14(8-11-16)4-3-13-22-18-12-9-15-5-1-2-6-17(15)19(18)21/h1-12H,13,20-21H2/b4-3+. The lowest BCUT2D eigenvalue weighted by Crippen LogP contribution is -1.90. The summed E-state index contributed by atoms with van der Waals surface area (Å²) in [7, 11) is 0. The van der Waals surface area contributed by atoms with Gasteiger partial charge in [-0.3, -0.25) is 0 Å². The molecule has 3 heteroatoms. The largest absolute Gasteiger partial charge is 0.399 e. The van der Waals surface area contributed by atoms with E-state index in [4.69, 9.17) is 11.5 Å². The van der Waals surface area contributed by atoms with Gasteiger partial charge in [-0.2, -0.15) is 0 Å². The Morgan fingerprint density at radius 1 is 0.864 bits per heavy atom. The van der Waals surface area contributed by atoms with Gasteiger partial charge in [0, 0.05) is 21.7 Å². The second-order valence-electron chi connectivity index (χ2n) is 5.08. The summed E-state index contributed by atoms with van der Waals surface area (Å²) in [4.78, 5) is 1.13. The van der Waals surface area contributed by atoms with Crippen LogP contribution in [-0.2, 0) is 0 Å². The number of hydrogen-bond donors (Lipinski definition) is 2. The first-order valence-electron chi connectivity index (χ1n) is 7.16. The van der Waals surface area contributed by atoms with Gasteiger partial charge in [0.2, 0.25) is 0 Å². The highest BCUT2D eigenvalue weighted by Crippen LogP contribution is 2.31. The van der Waals surface area contributed by atoms with Crippen molar-refractivity contribution in [3.8, 4) is 0 Å². The molecule has 0 saturated carbocycles. The molecule has 0 amide bonds. The van der Waals surface area contributed by atoms with Crippen LogP contribution in [0, 0.1) is 0 Å². The van der Waals surface area contributed by atoms with Gasteiger partial charge >= 0.3 is 0 Å². The first-order chi connectivity index (χ1) is 10.7. The van der Waals surface area contributed by atoms with Crippen LogP contribution in [-0.4, -0.2) is 5.75 Å². The van der Waals surface area contributed by atoms with Gasteiger partial charge in [-0.05, 0) is 29.1 Å². The van der Waals surface area contributed by atoms with Gasteiger partial charge < -0.3 is 11.5 Å². The second kappa shape index (κ2) is 6.58. The molecule has 4 N–H and O–H groups in total. The first-order valence-corrected chi connectivity index (χ1v) is 8.15. The maximum Gasteiger partial charge on any atom is 0.0532 e. The summed E-state index contributed by atoms with van der Waals surface area (Å²) in [5.41, 5.74) is 14.8. The van der Waals surface area contributed by atoms with Crippen LogP contribution in [0.15, 0.2) is 71.6 Å². The molecule has 0 heterocycles. The summed E-state index contributed by atoms with van der Waals surface area (Å²) >= 11 is 1.75. The molecule has 110 valence electrons. The van der Waals surface area contributed by atoms with E-state index in [0.717, 1.165) is 33.0 Å². The van der Waals surface area contributed by atoms with Crippen molar-refractivity contribution in [1.82, 2.24) is 0 Å². The smallest absolute Gasteiger partial charge is 0.0532 e. The van der Waals surface area contributed by atoms with Crippen LogP contribution in [0.3, 0.4) is 0 Å². The minimum atomic E-state index is 0.787. The average molecular weight is 306 g/mol. The summed E-state index contributed by atoms with van der Waals surface area (Å²) < 4.78 is 0. The lowest BCUT2D eigenvalue weighted by atomic mass is 10.1. The number of benzene rings is 3. The number of fused-ring (bicyclic) bond motifs is 1. The van der Waals surface area contributed by atoms with Gasteiger partial charge in [0.1, 0.15) is 0 Å². The molecule has 0 saturated heterocycles. The summed E-state index contributed by atoms with van der Waals surface area (Å²) in [6.07, 6.45) is 4.24. The van der Waals surface area contributed by atoms with Gasteiger partial charge in [0.15, 0.2) is 0 Å². The van der Waals surface area contributed by atoms with Crippen molar-refractivity contribution >= 4 is 40.0 Å². The lowest BCUT2D eigenvalue weighted by molar-refractivity contribution is 1.50. The van der Waals surface area contributed by atoms with E-state index in [2.05, 4.69) is 36.4 Å². The molecule has 3 aromatic carbocycles. The van der Waals surface area contributed by atoms with Crippen LogP contribution in [0.1, 0.15) is 5.56 Å². The minimum Gasteiger partial charge on any atom is -0.399 e. The highest BCUT2D eigenvalue weighted by Gasteiger charge is 2.03. The fraction of sp³-hybridized carbons (Fsp3) is 0.0526. The Morgan fingerprint density at radius 3 is 2.45 bits per heavy atom. The van der Waals surface area contributed by atoms with Crippen LogP contribution < -0.4 is 11.5 Å². The molecule has 0 unspecified atom stereocenters. The molecule has 0 fully saturated rings. The summed E-state index contributed by atoms with van der Waals surface area (Å²) in [6, 6.07) is 20.3. The third-order valence-electron chi connectivity index (χ3n) is 3.51. The van der Waals surface area contributed by atoms with Crippen LogP contribution in [0.25, 0.3) is 16.8 Å². The van der Waals surface area contributed by atoms with Gasteiger partial charge in [-0.1, -0.05) is 54.6 Å². The molecule has 0 atom stereocenters. The molecule has 22 heavy (non-hydrogen) atoms. The molecule has 0 bridgehead atoms. The highest BCUT2D eigenvalue weighted by atomic mass is 32.2. The molecule has 0 aliphatic carbocycles. The number of nitrogens with two attached hydrogens (primary N) is 2. The summed E-state index contributed by atoms with van der Waals surface area (Å²) in [6.45, 7) is 0. The van der Waals surface area contributed by atoms with Crippen LogP contribution in [0.4, 0.5) is 11.4 Å². The minimum absolute atomic E-state index is 0.787. The number of anilines is 2. The van der Waals surface area contributed by atoms with E-state index < -0.39 is 0 Å². The van der Waals surface area contributed by atoms with Gasteiger partial charge in [0.05, 0.1) is 5.69 Å². The van der Waals surface area contributed by atoms with E-state index in [-0.39, 0.29) is 0 Å². The molecule has 0 aromatic heterocycles. The molecular weight excluding hydrogens is 288 g/mol. The SMILES string of the molecule is Nc1ccc(/C=C/CSc2ccc3ccccc3c2N)cc1. The van der Waals surface area contributed by atoms with Gasteiger partial charge in [-0.15, -0.1) is 11.8 Å². The summed E-state index contributed by atoms with van der Waals surface area (Å²) in [5.74, 6) is 0.882. The molecule has 3 aromatic rings. The Balaban J connectivity index is 1.69. The second-order valence-corrected chi connectivity index (χ2v) is 6.14. The van der Waals surface area contributed by atoms with Crippen LogP contribution >= 0.6 is 11.8 Å². The molecular formula is C19H18N2S. The quantitative estimate of drug-likeness (QED) is 0.537. The molecule has 0 radical (unpaired) electrons. The maximum absolute atomic E-state index is 6.27.